The number of nitrogens with zero attached hydrogens (tertiary/aromatic N) is 1. The number of H-pyrrole nitrogens is 1. The maximum atomic E-state index is 13.4. The molecule has 2 heterocycles. The molecule has 0 radical (unpaired) electrons. The fourth-order valence-electron chi connectivity index (χ4n) is 4.35. The van der Waals surface area contributed by atoms with Gasteiger partial charge in [-0.3, -0.25) is 9.52 Å². The molecule has 1 aliphatic heterocycles. The minimum atomic E-state index is -3.99. The molecule has 13 heteroatoms. The Hall–Kier alpha value is -2.77. The number of hydrogen-bond donors (Lipinski definition) is 3. The third-order valence-electron chi connectivity index (χ3n) is 6.34. The molecule has 0 aliphatic carbocycles. The van der Waals surface area contributed by atoms with Gasteiger partial charge in [0.15, 0.2) is 0 Å². The van der Waals surface area contributed by atoms with Gasteiger partial charge < -0.3 is 4.98 Å². The van der Waals surface area contributed by atoms with Crippen LogP contribution in [-0.4, -0.2) is 32.7 Å². The number of fused-ring (bicyclic) bond motifs is 1. The normalized spacial score (nSPS) is 18.0. The van der Waals surface area contributed by atoms with E-state index in [1.165, 1.54) is 12.1 Å². The lowest BCUT2D eigenvalue weighted by molar-refractivity contribution is -0.118. The average molecular weight is 638 g/mol. The predicted molar refractivity (Wildman–Crippen MR) is 148 cm³/mol. The number of para-hydroxylation sites is 2. The molecule has 0 spiro atoms. The molecule has 1 fully saturated rings. The number of carbonyl (C=O) groups excluding carboxylic acids is 1. The molecule has 198 valence electrons. The molecular formula is C25H22BrClN4O5S2. The standard InChI is InChI=1S/C25H22BrClN4O5S2/c1-14-6-8-16(12-19(14)27)37(33,34)30-22(25-28-20-4-2-3-5-21(20)29-25)11-15-7-9-17(18(26)10-15)23-13-24(32)31-38(23,35)36/h2-10,12,22-23,30H,11,13H2,1H3,(H,28,29)(H,31,32). The summed E-state index contributed by atoms with van der Waals surface area (Å²) in [4.78, 5) is 19.5. The van der Waals surface area contributed by atoms with Gasteiger partial charge in [0, 0.05) is 9.50 Å². The quantitative estimate of drug-likeness (QED) is 0.274. The number of benzene rings is 3. The van der Waals surface area contributed by atoms with Crippen LogP contribution in [0.1, 0.15) is 40.2 Å². The topological polar surface area (TPSA) is 138 Å². The Bertz CT molecular complexity index is 1760. The molecule has 3 N–H and O–H groups in total. The zero-order valence-electron chi connectivity index (χ0n) is 19.9. The Morgan fingerprint density at radius 3 is 2.58 bits per heavy atom. The molecule has 1 amide bonds. The summed E-state index contributed by atoms with van der Waals surface area (Å²) in [6.07, 6.45) is 0.0346. The van der Waals surface area contributed by atoms with Crippen LogP contribution in [-0.2, 0) is 31.3 Å². The third kappa shape index (κ3) is 5.36. The molecule has 0 bridgehead atoms. The highest BCUT2D eigenvalue weighted by Gasteiger charge is 2.39. The Balaban J connectivity index is 1.50. The summed E-state index contributed by atoms with van der Waals surface area (Å²) in [5.74, 6) is -0.136. The molecule has 5 rings (SSSR count). The first-order valence-corrected chi connectivity index (χ1v) is 15.7. The summed E-state index contributed by atoms with van der Waals surface area (Å²) in [5, 5.41) is -0.670. The van der Waals surface area contributed by atoms with Crippen LogP contribution in [0.3, 0.4) is 0 Å². The van der Waals surface area contributed by atoms with Crippen molar-refractivity contribution >= 4 is 64.5 Å². The van der Waals surface area contributed by atoms with Crippen LogP contribution < -0.4 is 9.44 Å². The summed E-state index contributed by atoms with van der Waals surface area (Å²) >= 11 is 9.62. The number of carbonyl (C=O) groups is 1. The number of rotatable bonds is 7. The fourth-order valence-corrected chi connectivity index (χ4v) is 8.13. The largest absolute Gasteiger partial charge is 0.341 e. The number of amides is 1. The van der Waals surface area contributed by atoms with Gasteiger partial charge in [0.1, 0.15) is 11.1 Å². The van der Waals surface area contributed by atoms with Crippen LogP contribution in [0.25, 0.3) is 11.0 Å². The van der Waals surface area contributed by atoms with E-state index in [1.807, 2.05) is 29.0 Å². The lowest BCUT2D eigenvalue weighted by Gasteiger charge is -2.19. The first-order valence-electron chi connectivity index (χ1n) is 11.5. The van der Waals surface area contributed by atoms with E-state index in [2.05, 4.69) is 30.6 Å². The first kappa shape index (κ1) is 26.8. The monoisotopic (exact) mass is 636 g/mol. The Kier molecular flexibility index (Phi) is 7.12. The van der Waals surface area contributed by atoms with Crippen molar-refractivity contribution in [2.75, 3.05) is 0 Å². The third-order valence-corrected chi connectivity index (χ3v) is 10.6. The van der Waals surface area contributed by atoms with Crippen LogP contribution in [0, 0.1) is 6.92 Å². The molecule has 3 aromatic carbocycles. The van der Waals surface area contributed by atoms with Crippen molar-refractivity contribution < 1.29 is 21.6 Å². The summed E-state index contributed by atoms with van der Waals surface area (Å²) in [7, 11) is -7.80. The van der Waals surface area contributed by atoms with Crippen molar-refractivity contribution in [2.45, 2.75) is 36.0 Å². The van der Waals surface area contributed by atoms with Crippen LogP contribution in [0.4, 0.5) is 0 Å². The number of imidazole rings is 1. The van der Waals surface area contributed by atoms with Gasteiger partial charge >= 0.3 is 0 Å². The van der Waals surface area contributed by atoms with Crippen LogP contribution in [0.2, 0.25) is 5.02 Å². The molecule has 1 aromatic heterocycles. The second-order valence-corrected chi connectivity index (χ2v) is 13.9. The van der Waals surface area contributed by atoms with Crippen molar-refractivity contribution in [1.29, 1.82) is 0 Å². The summed E-state index contributed by atoms with van der Waals surface area (Å²) in [5.41, 5.74) is 3.36. The fraction of sp³-hybridized carbons (Fsp3) is 0.200. The second-order valence-electron chi connectivity index (χ2n) is 9.05. The number of sulfonamides is 2. The molecule has 9 nitrogen and oxygen atoms in total. The van der Waals surface area contributed by atoms with Gasteiger partial charge in [0.25, 0.3) is 0 Å². The van der Waals surface area contributed by atoms with Gasteiger partial charge in [-0.1, -0.05) is 57.9 Å². The van der Waals surface area contributed by atoms with Gasteiger partial charge in [-0.15, -0.1) is 0 Å². The Morgan fingerprint density at radius 2 is 1.92 bits per heavy atom. The van der Waals surface area contributed by atoms with E-state index < -0.39 is 37.2 Å². The maximum Gasteiger partial charge on any atom is 0.242 e. The van der Waals surface area contributed by atoms with Crippen LogP contribution >= 0.6 is 27.5 Å². The molecule has 0 saturated carbocycles. The highest BCUT2D eigenvalue weighted by atomic mass is 79.9. The predicted octanol–water partition coefficient (Wildman–Crippen LogP) is 4.44. The van der Waals surface area contributed by atoms with Crippen molar-refractivity contribution in [2.24, 2.45) is 0 Å². The van der Waals surface area contributed by atoms with E-state index in [0.717, 1.165) is 11.1 Å². The first-order chi connectivity index (χ1) is 17.9. The SMILES string of the molecule is Cc1ccc(S(=O)(=O)NC(Cc2ccc(C3CC(=O)NS3(=O)=O)c(Br)c2)c2nc3ccccc3[nH]2)cc1Cl. The Labute approximate surface area is 233 Å². The highest BCUT2D eigenvalue weighted by Crippen LogP contribution is 2.36. The molecule has 1 saturated heterocycles. The van der Waals surface area contributed by atoms with Crippen LogP contribution in [0.15, 0.2) is 70.0 Å². The van der Waals surface area contributed by atoms with Crippen molar-refractivity contribution in [3.05, 3.63) is 92.7 Å². The maximum absolute atomic E-state index is 13.4. The minimum absolute atomic E-state index is 0.0225. The van der Waals surface area contributed by atoms with Gasteiger partial charge in [-0.25, -0.2) is 26.5 Å². The van der Waals surface area contributed by atoms with Gasteiger partial charge in [-0.05, 0) is 60.4 Å². The van der Waals surface area contributed by atoms with E-state index in [1.54, 1.807) is 31.2 Å². The number of aromatic amines is 1. The van der Waals surface area contributed by atoms with Gasteiger partial charge in [-0.2, -0.15) is 0 Å². The van der Waals surface area contributed by atoms with E-state index in [-0.39, 0.29) is 17.7 Å². The van der Waals surface area contributed by atoms with Crippen molar-refractivity contribution in [3.63, 3.8) is 0 Å². The van der Waals surface area contributed by atoms with Crippen molar-refractivity contribution in [1.82, 2.24) is 19.4 Å². The average Bonchev–Trinajstić information content (AvgIpc) is 3.39. The minimum Gasteiger partial charge on any atom is -0.341 e. The van der Waals surface area contributed by atoms with E-state index >= 15 is 0 Å². The zero-order valence-corrected chi connectivity index (χ0v) is 23.9. The number of aryl methyl sites for hydroxylation is 1. The highest BCUT2D eigenvalue weighted by molar-refractivity contribution is 9.10. The molecule has 1 aliphatic rings. The molecule has 38 heavy (non-hydrogen) atoms. The van der Waals surface area contributed by atoms with Crippen molar-refractivity contribution in [3.8, 4) is 0 Å². The van der Waals surface area contributed by atoms with E-state index in [4.69, 9.17) is 11.6 Å². The number of aromatic nitrogens is 2. The summed E-state index contributed by atoms with van der Waals surface area (Å²) in [6.45, 7) is 1.79. The number of halogens is 2. The van der Waals surface area contributed by atoms with Gasteiger partial charge in [0.2, 0.25) is 26.0 Å². The van der Waals surface area contributed by atoms with E-state index in [0.29, 0.717) is 32.0 Å². The molecule has 2 atom stereocenters. The Morgan fingerprint density at radius 1 is 1.16 bits per heavy atom. The smallest absolute Gasteiger partial charge is 0.242 e. The summed E-state index contributed by atoms with van der Waals surface area (Å²) in [6, 6.07) is 16.2. The second kappa shape index (κ2) is 10.1. The van der Waals surface area contributed by atoms with Crippen LogP contribution in [0.5, 0.6) is 0 Å². The number of hydrogen-bond acceptors (Lipinski definition) is 6. The molecule has 2 unspecified atom stereocenters. The zero-order chi connectivity index (χ0) is 27.2. The lowest BCUT2D eigenvalue weighted by Crippen LogP contribution is -2.31. The van der Waals surface area contributed by atoms with E-state index in [9.17, 15) is 21.6 Å². The van der Waals surface area contributed by atoms with Gasteiger partial charge in [0.05, 0.1) is 28.4 Å². The molecular weight excluding hydrogens is 616 g/mol. The number of nitrogens with one attached hydrogen (secondary N) is 3. The lowest BCUT2D eigenvalue weighted by atomic mass is 10.0. The summed E-state index contributed by atoms with van der Waals surface area (Å²) < 4.78 is 56.7. The molecule has 4 aromatic rings.